The number of urea groups is 2. The Hall–Kier alpha value is -8.69. The van der Waals surface area contributed by atoms with E-state index in [1.54, 1.807) is 19.4 Å². The molecule has 1 aliphatic rings. The number of benzene rings is 2. The van der Waals surface area contributed by atoms with Crippen LogP contribution in [0.5, 0.6) is 23.5 Å². The Balaban J connectivity index is 0.000000277. The van der Waals surface area contributed by atoms with Crippen LogP contribution in [-0.4, -0.2) is 168 Å². The van der Waals surface area contributed by atoms with E-state index < -0.39 is 137 Å². The summed E-state index contributed by atoms with van der Waals surface area (Å²) in [5.41, 5.74) is -0.562. The van der Waals surface area contributed by atoms with Gasteiger partial charge >= 0.3 is 55.7 Å². The number of thioether (sulfide) groups is 1. The number of ether oxygens (including phenoxy) is 5. The van der Waals surface area contributed by atoms with E-state index in [1.165, 1.54) is 63.3 Å². The van der Waals surface area contributed by atoms with E-state index >= 15 is 0 Å². The number of carboxylic acid groups (broad SMARTS) is 2. The van der Waals surface area contributed by atoms with Crippen LogP contribution in [0.3, 0.4) is 0 Å². The van der Waals surface area contributed by atoms with Crippen LogP contribution >= 0.6 is 42.3 Å². The second kappa shape index (κ2) is 34.8. The SMILES string of the molecule is CCS(=O)(=O)c1cccnc1S(=O)(=O)NC(=O)Nc1nc(OC)cc(OC)n1.COC(=O)CSc1cc(/N=c2\sc(=O)n3n2CCCC3)c(F)cc1Cl.O=C(Nc1nc(OC(F)F)cc(OC(F)F)n1)NS(=O)(=O)c1ccccc1C(=O)O.O=C(O)CNCP(=O)(O)O. The minimum absolute atomic E-state index is 0.0605. The first-order valence-corrected chi connectivity index (χ1v) is 33.6. The van der Waals surface area contributed by atoms with Gasteiger partial charge in [-0.2, -0.15) is 45.9 Å². The van der Waals surface area contributed by atoms with Crippen molar-refractivity contribution in [2.75, 3.05) is 56.3 Å². The maximum absolute atomic E-state index is 14.3. The summed E-state index contributed by atoms with van der Waals surface area (Å²) in [5.74, 6) is -7.04. The van der Waals surface area contributed by atoms with Crippen molar-refractivity contribution in [2.24, 2.45) is 4.99 Å². The Labute approximate surface area is 533 Å². The molecule has 0 spiro atoms. The van der Waals surface area contributed by atoms with Gasteiger partial charge in [0.2, 0.25) is 40.2 Å². The number of aromatic nitrogens is 7. The number of nitrogens with one attached hydrogen (secondary N) is 5. The van der Waals surface area contributed by atoms with E-state index in [0.29, 0.717) is 28.9 Å². The summed E-state index contributed by atoms with van der Waals surface area (Å²) < 4.78 is 176. The van der Waals surface area contributed by atoms with Crippen LogP contribution in [0.25, 0.3) is 0 Å². The van der Waals surface area contributed by atoms with Crippen LogP contribution in [0.15, 0.2) is 96.4 Å². The number of sulfone groups is 1. The Bertz CT molecular complexity index is 4180. The molecule has 7 rings (SSSR count). The topological polar surface area (TPSA) is 496 Å². The second-order valence-electron chi connectivity index (χ2n) is 17.0. The van der Waals surface area contributed by atoms with E-state index in [9.17, 15) is 80.5 Å². The summed E-state index contributed by atoms with van der Waals surface area (Å²) in [4.78, 5) is 106. The first-order chi connectivity index (χ1) is 43.5. The molecule has 93 heavy (non-hydrogen) atoms. The van der Waals surface area contributed by atoms with E-state index in [2.05, 4.69) is 54.8 Å². The van der Waals surface area contributed by atoms with E-state index in [1.807, 2.05) is 0 Å². The average Bonchev–Trinajstić information content (AvgIpc) is 1.72. The first kappa shape index (κ1) is 76.8. The molecule has 0 atom stereocenters. The number of amides is 4. The standard InChI is InChI=1S/C15H15ClFN3O3S2.C14H10F4N4O7S.C14H17N5O7S2.C3H8NO5P/c1-23-13(21)8-24-12-7-11(10(17)6-9(12)16)18-14-19-4-2-3-5-20(19)15(22)25-14;15-11(16)28-8-5-9(29-12(17)18)20-13(19-8)21-14(25)22-30(26,27)7-4-2-1-3-6(7)10(23)24;1-4-27(21,22)9-6-5-7-15-12(9)28(23,24)19-14(20)18-13-16-10(25-2)8-11(17-13)26-3;5-3(6)1-4-2-10(7,8)9/h6-7H,2-5,8H2,1H3;1-5,11-12H,(H,23,24)(H2,19,20,21,22,25);5-8H,4H2,1-3H3,(H2,16,17,18,19,20);4H,1-2H2,(H,5,6)(H2,7,8,9)/b18-14-;;;. The summed E-state index contributed by atoms with van der Waals surface area (Å²) in [5, 5.41) is 22.3. The number of alkyl halides is 4. The number of methoxy groups -OCH3 is 3. The average molecular weight is 1460 g/mol. The number of fused-ring (bicyclic) bond motifs is 1. The van der Waals surface area contributed by atoms with Gasteiger partial charge in [0.25, 0.3) is 20.0 Å². The van der Waals surface area contributed by atoms with Gasteiger partial charge in [0.1, 0.15) is 21.3 Å². The quantitative estimate of drug-likeness (QED) is 0.0191. The molecule has 0 saturated carbocycles. The van der Waals surface area contributed by atoms with Crippen molar-refractivity contribution >= 4 is 120 Å². The van der Waals surface area contributed by atoms with Gasteiger partial charge in [-0.3, -0.25) is 39.6 Å². The molecule has 5 heterocycles. The third-order valence-electron chi connectivity index (χ3n) is 10.5. The maximum Gasteiger partial charge on any atom is 0.388 e. The summed E-state index contributed by atoms with van der Waals surface area (Å²) >= 11 is 8.17. The second-order valence-corrected chi connectivity index (χ2v) is 26.5. The number of carbonyl (C=O) groups is 5. The zero-order valence-electron chi connectivity index (χ0n) is 47.6. The minimum atomic E-state index is -4.71. The zero-order valence-corrected chi connectivity index (χ0v) is 53.4. The van der Waals surface area contributed by atoms with Crippen molar-refractivity contribution in [3.63, 3.8) is 0 Å². The summed E-state index contributed by atoms with van der Waals surface area (Å²) in [7, 11) is -13.4. The summed E-state index contributed by atoms with van der Waals surface area (Å²) in [6, 6.07) is 8.34. The molecule has 6 aromatic rings. The molecule has 0 saturated heterocycles. The van der Waals surface area contributed by atoms with Gasteiger partial charge < -0.3 is 43.7 Å². The molecule has 2 aromatic carbocycles. The van der Waals surface area contributed by atoms with Gasteiger partial charge in [-0.15, -0.1) is 11.8 Å². The van der Waals surface area contributed by atoms with Crippen molar-refractivity contribution in [1.29, 1.82) is 0 Å². The fourth-order valence-electron chi connectivity index (χ4n) is 6.62. The number of sulfonamides is 2. The van der Waals surface area contributed by atoms with Gasteiger partial charge in [-0.1, -0.05) is 30.7 Å². The van der Waals surface area contributed by atoms with Crippen LogP contribution in [0, 0.1) is 5.82 Å². The highest BCUT2D eigenvalue weighted by Crippen LogP contribution is 2.34. The highest BCUT2D eigenvalue weighted by Gasteiger charge is 2.30. The lowest BCUT2D eigenvalue weighted by molar-refractivity contribution is -0.137. The van der Waals surface area contributed by atoms with Crippen LogP contribution in [-0.2, 0) is 61.9 Å². The Morgan fingerprint density at radius 3 is 1.82 bits per heavy atom. The number of esters is 1. The number of anilines is 2. The van der Waals surface area contributed by atoms with Gasteiger partial charge in [0.15, 0.2) is 14.9 Å². The van der Waals surface area contributed by atoms with Crippen molar-refractivity contribution in [3.05, 3.63) is 97.7 Å². The van der Waals surface area contributed by atoms with Crippen LogP contribution in [0.1, 0.15) is 30.1 Å². The largest absolute Gasteiger partial charge is 0.481 e. The molecule has 1 aliphatic heterocycles. The number of pyridine rings is 1. The number of carboxylic acids is 2. The zero-order chi connectivity index (χ0) is 69.6. The van der Waals surface area contributed by atoms with E-state index in [4.69, 9.17) is 41.1 Å². The Kier molecular flexibility index (Phi) is 28.7. The van der Waals surface area contributed by atoms with Gasteiger partial charge in [-0.25, -0.2) is 59.7 Å². The molecule has 508 valence electrons. The number of halogens is 6. The lowest BCUT2D eigenvalue weighted by Crippen LogP contribution is -2.36. The van der Waals surface area contributed by atoms with Crippen LogP contribution in [0.2, 0.25) is 5.02 Å². The first-order valence-electron chi connectivity index (χ1n) is 25.0. The molecule has 0 radical (unpaired) electrons. The number of carbonyl (C=O) groups excluding carboxylic acids is 3. The molecule has 0 aliphatic carbocycles. The molecular weight excluding hydrogens is 1410 g/mol. The molecule has 4 aromatic heterocycles. The molecule has 0 bridgehead atoms. The Morgan fingerprint density at radius 1 is 0.774 bits per heavy atom. The maximum atomic E-state index is 14.3. The van der Waals surface area contributed by atoms with Crippen molar-refractivity contribution in [2.45, 2.75) is 65.8 Å². The predicted octanol–water partition coefficient (Wildman–Crippen LogP) is 3.67. The van der Waals surface area contributed by atoms with Crippen LogP contribution < -0.4 is 54.0 Å². The number of hydrogen-bond donors (Lipinski definition) is 9. The van der Waals surface area contributed by atoms with Crippen molar-refractivity contribution < 1.29 is 119 Å². The van der Waals surface area contributed by atoms with Crippen LogP contribution in [0.4, 0.5) is 49.1 Å². The number of hydrogen-bond acceptors (Lipinski definition) is 27. The fraction of sp³-hybridized carbons (Fsp3) is 0.304. The third-order valence-corrected chi connectivity index (χ3v) is 18.0. The van der Waals surface area contributed by atoms with Gasteiger partial charge in [0.05, 0.1) is 68.4 Å². The minimum Gasteiger partial charge on any atom is -0.481 e. The highest BCUT2D eigenvalue weighted by atomic mass is 35.5. The lowest BCUT2D eigenvalue weighted by atomic mass is 10.2. The number of aliphatic carboxylic acids is 1. The molecule has 0 unspecified atom stereocenters. The monoisotopic (exact) mass is 1460 g/mol. The van der Waals surface area contributed by atoms with E-state index in [0.717, 1.165) is 66.4 Å². The van der Waals surface area contributed by atoms with Gasteiger partial charge in [-0.05, 0) is 60.6 Å². The molecule has 9 N–H and O–H groups in total. The number of aromatic carboxylic acids is 1. The normalized spacial score (nSPS) is 12.2. The van der Waals surface area contributed by atoms with E-state index in [-0.39, 0.29) is 44.8 Å². The molecular formula is C46H50ClF5N13O22PS5. The van der Waals surface area contributed by atoms with Gasteiger partial charge in [0, 0.05) is 24.2 Å². The smallest absolute Gasteiger partial charge is 0.388 e. The molecule has 35 nitrogen and oxygen atoms in total. The number of nitrogens with zero attached hydrogens (tertiary/aromatic N) is 8. The number of rotatable bonds is 23. The third kappa shape index (κ3) is 24.7. The molecule has 0 fully saturated rings. The van der Waals surface area contributed by atoms with Crippen molar-refractivity contribution in [3.8, 4) is 23.5 Å². The fourth-order valence-corrected chi connectivity index (χ4v) is 12.7. The Morgan fingerprint density at radius 2 is 1.30 bits per heavy atom. The highest BCUT2D eigenvalue weighted by molar-refractivity contribution is 8.00. The predicted molar refractivity (Wildman–Crippen MR) is 312 cm³/mol. The summed E-state index contributed by atoms with van der Waals surface area (Å²) in [6.45, 7) is -4.58. The summed E-state index contributed by atoms with van der Waals surface area (Å²) in [6.07, 6.45) is 2.39. The van der Waals surface area contributed by atoms with Crippen molar-refractivity contribution in [1.82, 2.24) is 49.0 Å². The lowest BCUT2D eigenvalue weighted by Gasteiger charge is -2.15. The molecule has 47 heteroatoms. The molecule has 4 amide bonds.